The van der Waals surface area contributed by atoms with Gasteiger partial charge in [-0.3, -0.25) is 0 Å². The van der Waals surface area contributed by atoms with Crippen molar-refractivity contribution in [2.75, 3.05) is 18.8 Å². The Hall–Kier alpha value is 0.190. The summed E-state index contributed by atoms with van der Waals surface area (Å²) < 4.78 is 0.919. The molecule has 0 aromatic heterocycles. The standard InChI is InChI=1S/C5H11N3S3/c1-9-4(6)7-8-5(10-2)11-3/h1-3H3,(H2,6,7). The van der Waals surface area contributed by atoms with E-state index in [4.69, 9.17) is 5.73 Å². The fraction of sp³-hybridized carbons (Fsp3) is 0.600. The number of hydrogen-bond acceptors (Lipinski definition) is 5. The first-order valence-corrected chi connectivity index (χ1v) is 6.45. The number of amidine groups is 1. The van der Waals surface area contributed by atoms with Crippen LogP contribution < -0.4 is 5.73 Å². The number of nitrogens with zero attached hydrogens (tertiary/aromatic N) is 2. The molecule has 3 nitrogen and oxygen atoms in total. The molecule has 6 heteroatoms. The van der Waals surface area contributed by atoms with Gasteiger partial charge < -0.3 is 5.73 Å². The fourth-order valence-electron chi connectivity index (χ4n) is 0.296. The second-order valence-electron chi connectivity index (χ2n) is 1.42. The minimum absolute atomic E-state index is 0.491. The third-order valence-electron chi connectivity index (χ3n) is 0.789. The molecule has 0 amide bonds. The fourth-order valence-corrected chi connectivity index (χ4v) is 1.33. The first kappa shape index (κ1) is 11.2. The minimum Gasteiger partial charge on any atom is -0.377 e. The highest BCUT2D eigenvalue weighted by molar-refractivity contribution is 8.38. The van der Waals surface area contributed by atoms with Crippen molar-refractivity contribution in [1.82, 2.24) is 0 Å². The van der Waals surface area contributed by atoms with Crippen molar-refractivity contribution in [3.8, 4) is 0 Å². The molecule has 0 rings (SSSR count). The van der Waals surface area contributed by atoms with E-state index in [1.54, 1.807) is 23.5 Å². The van der Waals surface area contributed by atoms with Gasteiger partial charge in [0.15, 0.2) is 9.54 Å². The van der Waals surface area contributed by atoms with Gasteiger partial charge in [0.2, 0.25) is 0 Å². The van der Waals surface area contributed by atoms with Crippen LogP contribution in [0.4, 0.5) is 0 Å². The minimum atomic E-state index is 0.491. The molecule has 0 aromatic rings. The van der Waals surface area contributed by atoms with Crippen LogP contribution in [-0.4, -0.2) is 28.3 Å². The van der Waals surface area contributed by atoms with Crippen molar-refractivity contribution in [3.63, 3.8) is 0 Å². The summed E-state index contributed by atoms with van der Waals surface area (Å²) >= 11 is 4.52. The molecule has 0 radical (unpaired) electrons. The van der Waals surface area contributed by atoms with E-state index < -0.39 is 0 Å². The lowest BCUT2D eigenvalue weighted by Crippen LogP contribution is -2.04. The molecule has 0 saturated carbocycles. The van der Waals surface area contributed by atoms with Crippen LogP contribution in [0.15, 0.2) is 10.2 Å². The summed E-state index contributed by atoms with van der Waals surface area (Å²) in [5.74, 6) is 0. The second kappa shape index (κ2) is 6.87. The van der Waals surface area contributed by atoms with Crippen LogP contribution >= 0.6 is 35.3 Å². The topological polar surface area (TPSA) is 50.7 Å². The Kier molecular flexibility index (Phi) is 6.99. The smallest absolute Gasteiger partial charge is 0.180 e. The molecule has 0 aliphatic rings. The normalized spacial score (nSPS) is 11.4. The summed E-state index contributed by atoms with van der Waals surface area (Å²) in [6, 6.07) is 0. The summed E-state index contributed by atoms with van der Waals surface area (Å²) in [5.41, 5.74) is 5.42. The maximum Gasteiger partial charge on any atom is 0.180 e. The monoisotopic (exact) mass is 209 g/mol. The highest BCUT2D eigenvalue weighted by atomic mass is 32.2. The van der Waals surface area contributed by atoms with Crippen LogP contribution in [0, 0.1) is 0 Å². The Balaban J connectivity index is 4.06. The molecular formula is C5H11N3S3. The molecule has 0 heterocycles. The summed E-state index contributed by atoms with van der Waals surface area (Å²) in [7, 11) is 0. The van der Waals surface area contributed by atoms with E-state index in [-0.39, 0.29) is 0 Å². The van der Waals surface area contributed by atoms with Crippen molar-refractivity contribution in [1.29, 1.82) is 0 Å². The Bertz CT molecular complexity index is 160. The van der Waals surface area contributed by atoms with E-state index in [0.29, 0.717) is 5.17 Å². The number of hydrogen-bond donors (Lipinski definition) is 1. The van der Waals surface area contributed by atoms with Crippen LogP contribution in [0.5, 0.6) is 0 Å². The average Bonchev–Trinajstić information content (AvgIpc) is 2.06. The summed E-state index contributed by atoms with van der Waals surface area (Å²) in [6.07, 6.45) is 5.78. The van der Waals surface area contributed by atoms with Crippen LogP contribution in [-0.2, 0) is 0 Å². The molecule has 0 aliphatic carbocycles. The lowest BCUT2D eigenvalue weighted by molar-refractivity contribution is 1.26. The van der Waals surface area contributed by atoms with Gasteiger partial charge in [0.05, 0.1) is 0 Å². The van der Waals surface area contributed by atoms with Gasteiger partial charge in [-0.2, -0.15) is 0 Å². The van der Waals surface area contributed by atoms with Gasteiger partial charge >= 0.3 is 0 Å². The van der Waals surface area contributed by atoms with Crippen LogP contribution in [0.1, 0.15) is 0 Å². The number of nitrogens with two attached hydrogens (primary N) is 1. The molecule has 0 atom stereocenters. The van der Waals surface area contributed by atoms with E-state index >= 15 is 0 Å². The average molecular weight is 209 g/mol. The zero-order chi connectivity index (χ0) is 8.69. The summed E-state index contributed by atoms with van der Waals surface area (Å²) in [4.78, 5) is 0. The maximum atomic E-state index is 5.42. The first-order valence-electron chi connectivity index (χ1n) is 2.77. The first-order chi connectivity index (χ1) is 5.24. The molecule has 0 fully saturated rings. The van der Waals surface area contributed by atoms with E-state index in [1.807, 2.05) is 18.8 Å². The Labute approximate surface area is 79.7 Å². The van der Waals surface area contributed by atoms with E-state index in [9.17, 15) is 0 Å². The van der Waals surface area contributed by atoms with Gasteiger partial charge in [-0.05, 0) is 18.8 Å². The van der Waals surface area contributed by atoms with Crippen molar-refractivity contribution in [2.45, 2.75) is 0 Å². The van der Waals surface area contributed by atoms with E-state index in [0.717, 1.165) is 4.38 Å². The molecule has 0 aromatic carbocycles. The van der Waals surface area contributed by atoms with E-state index in [1.165, 1.54) is 11.8 Å². The Morgan fingerprint density at radius 1 is 1.00 bits per heavy atom. The summed E-state index contributed by atoms with van der Waals surface area (Å²) in [6.45, 7) is 0. The lowest BCUT2D eigenvalue weighted by atomic mass is 11.3. The predicted octanol–water partition coefficient (Wildman–Crippen LogP) is 1.66. The van der Waals surface area contributed by atoms with Gasteiger partial charge in [-0.25, -0.2) is 0 Å². The molecule has 2 N–H and O–H groups in total. The van der Waals surface area contributed by atoms with Crippen molar-refractivity contribution < 1.29 is 0 Å². The molecule has 0 unspecified atom stereocenters. The molecule has 0 saturated heterocycles. The zero-order valence-electron chi connectivity index (χ0n) is 6.70. The second-order valence-corrected chi connectivity index (χ2v) is 4.09. The van der Waals surface area contributed by atoms with Crippen LogP contribution in [0.25, 0.3) is 0 Å². The third-order valence-corrected chi connectivity index (χ3v) is 3.15. The number of rotatable bonds is 1. The van der Waals surface area contributed by atoms with Crippen LogP contribution in [0.3, 0.4) is 0 Å². The van der Waals surface area contributed by atoms with Crippen molar-refractivity contribution >= 4 is 44.8 Å². The highest BCUT2D eigenvalue weighted by Crippen LogP contribution is 2.10. The third kappa shape index (κ3) is 5.46. The molecule has 64 valence electrons. The Morgan fingerprint density at radius 3 is 1.91 bits per heavy atom. The predicted molar refractivity (Wildman–Crippen MR) is 59.6 cm³/mol. The largest absolute Gasteiger partial charge is 0.377 e. The van der Waals surface area contributed by atoms with Gasteiger partial charge in [0.25, 0.3) is 0 Å². The molecule has 0 aliphatic heterocycles. The molecule has 0 bridgehead atoms. The van der Waals surface area contributed by atoms with Gasteiger partial charge in [-0.1, -0.05) is 11.8 Å². The van der Waals surface area contributed by atoms with Crippen LogP contribution in [0.2, 0.25) is 0 Å². The Morgan fingerprint density at radius 2 is 1.55 bits per heavy atom. The number of thioether (sulfide) groups is 3. The van der Waals surface area contributed by atoms with Crippen molar-refractivity contribution in [2.24, 2.45) is 15.9 Å². The van der Waals surface area contributed by atoms with E-state index in [2.05, 4.69) is 10.2 Å². The quantitative estimate of drug-likeness (QED) is 0.405. The highest BCUT2D eigenvalue weighted by Gasteiger charge is 1.91. The van der Waals surface area contributed by atoms with Gasteiger partial charge in [-0.15, -0.1) is 33.7 Å². The van der Waals surface area contributed by atoms with Gasteiger partial charge in [0.1, 0.15) is 0 Å². The summed E-state index contributed by atoms with van der Waals surface area (Å²) in [5, 5.41) is 8.20. The van der Waals surface area contributed by atoms with Gasteiger partial charge in [0, 0.05) is 0 Å². The zero-order valence-corrected chi connectivity index (χ0v) is 9.15. The SMILES string of the molecule is CSC(=N/N=C(\N)SC)SC. The molecule has 11 heavy (non-hydrogen) atoms. The molecular weight excluding hydrogens is 198 g/mol. The lowest BCUT2D eigenvalue weighted by Gasteiger charge is -1.93. The van der Waals surface area contributed by atoms with Crippen molar-refractivity contribution in [3.05, 3.63) is 0 Å². The maximum absolute atomic E-state index is 5.42. The molecule has 0 spiro atoms.